The number of aliphatic hydroxyl groups excluding tert-OH is 1. The van der Waals surface area contributed by atoms with Crippen molar-refractivity contribution in [1.82, 2.24) is 5.32 Å². The molecule has 1 aliphatic rings. The monoisotopic (exact) mass is 268 g/mol. The first kappa shape index (κ1) is 13.7. The lowest BCUT2D eigenvalue weighted by Gasteiger charge is -2.32. The fraction of sp³-hybridized carbons (Fsp3) is 0.571. The Morgan fingerprint density at radius 1 is 1.39 bits per heavy atom. The van der Waals surface area contributed by atoms with Gasteiger partial charge in [-0.1, -0.05) is 17.7 Å². The molecule has 1 fully saturated rings. The van der Waals surface area contributed by atoms with Crippen LogP contribution in [0.3, 0.4) is 0 Å². The maximum Gasteiger partial charge on any atom is 0.0574 e. The summed E-state index contributed by atoms with van der Waals surface area (Å²) in [6.07, 6.45) is 1.54. The van der Waals surface area contributed by atoms with E-state index in [4.69, 9.17) is 11.6 Å². The number of anilines is 1. The van der Waals surface area contributed by atoms with Gasteiger partial charge in [0.25, 0.3) is 0 Å². The molecule has 1 heterocycles. The molecule has 0 aromatic heterocycles. The second-order valence-corrected chi connectivity index (χ2v) is 5.34. The van der Waals surface area contributed by atoms with E-state index in [2.05, 4.69) is 29.3 Å². The SMILES string of the molecule is CNC(C)c1ccc(N2CCC(O)CC2)cc1Cl. The first-order valence-corrected chi connectivity index (χ1v) is 6.89. The van der Waals surface area contributed by atoms with Crippen molar-refractivity contribution < 1.29 is 5.11 Å². The molecule has 2 rings (SSSR count). The van der Waals surface area contributed by atoms with Crippen LogP contribution < -0.4 is 10.2 Å². The average Bonchev–Trinajstić information content (AvgIpc) is 2.38. The number of halogens is 1. The zero-order chi connectivity index (χ0) is 13.1. The van der Waals surface area contributed by atoms with E-state index in [9.17, 15) is 5.11 Å². The predicted octanol–water partition coefficient (Wildman–Crippen LogP) is 2.58. The van der Waals surface area contributed by atoms with Crippen molar-refractivity contribution in [2.24, 2.45) is 0 Å². The highest BCUT2D eigenvalue weighted by Gasteiger charge is 2.18. The Bertz CT molecular complexity index is 403. The van der Waals surface area contributed by atoms with Crippen molar-refractivity contribution in [2.45, 2.75) is 31.9 Å². The van der Waals surface area contributed by atoms with Crippen LogP contribution in [0.2, 0.25) is 5.02 Å². The van der Waals surface area contributed by atoms with Gasteiger partial charge in [0, 0.05) is 29.8 Å². The molecule has 0 saturated carbocycles. The Morgan fingerprint density at radius 3 is 2.61 bits per heavy atom. The van der Waals surface area contributed by atoms with E-state index in [-0.39, 0.29) is 12.1 Å². The van der Waals surface area contributed by atoms with Crippen LogP contribution in [0.15, 0.2) is 18.2 Å². The normalized spacial score (nSPS) is 19.0. The third kappa shape index (κ3) is 2.97. The Hall–Kier alpha value is -0.770. The maximum atomic E-state index is 9.52. The summed E-state index contributed by atoms with van der Waals surface area (Å²) in [7, 11) is 1.93. The number of rotatable bonds is 3. The fourth-order valence-electron chi connectivity index (χ4n) is 2.34. The van der Waals surface area contributed by atoms with Gasteiger partial charge in [0.15, 0.2) is 0 Å². The van der Waals surface area contributed by atoms with Crippen molar-refractivity contribution in [3.8, 4) is 0 Å². The number of nitrogens with zero attached hydrogens (tertiary/aromatic N) is 1. The summed E-state index contributed by atoms with van der Waals surface area (Å²) in [5.74, 6) is 0. The molecule has 0 bridgehead atoms. The first-order chi connectivity index (χ1) is 8.61. The molecule has 0 amide bonds. The minimum absolute atomic E-state index is 0.139. The second-order valence-electron chi connectivity index (χ2n) is 4.93. The average molecular weight is 269 g/mol. The summed E-state index contributed by atoms with van der Waals surface area (Å²) in [6.45, 7) is 3.90. The molecular formula is C14H21ClN2O. The standard InChI is InChI=1S/C14H21ClN2O/c1-10(16-2)13-4-3-11(9-14(13)15)17-7-5-12(18)6-8-17/h3-4,9-10,12,16,18H,5-8H2,1-2H3. The smallest absolute Gasteiger partial charge is 0.0574 e. The van der Waals surface area contributed by atoms with Gasteiger partial charge in [-0.25, -0.2) is 0 Å². The summed E-state index contributed by atoms with van der Waals surface area (Å²) in [5.41, 5.74) is 2.28. The molecule has 1 atom stereocenters. The van der Waals surface area contributed by atoms with Crippen LogP contribution in [0.1, 0.15) is 31.4 Å². The molecule has 2 N–H and O–H groups in total. The van der Waals surface area contributed by atoms with Gasteiger partial charge in [0.05, 0.1) is 6.10 Å². The Morgan fingerprint density at radius 2 is 2.06 bits per heavy atom. The topological polar surface area (TPSA) is 35.5 Å². The number of hydrogen-bond acceptors (Lipinski definition) is 3. The van der Waals surface area contributed by atoms with E-state index >= 15 is 0 Å². The minimum Gasteiger partial charge on any atom is -0.393 e. The number of aliphatic hydroxyl groups is 1. The van der Waals surface area contributed by atoms with Gasteiger partial charge in [0.2, 0.25) is 0 Å². The fourth-order valence-corrected chi connectivity index (χ4v) is 2.68. The van der Waals surface area contributed by atoms with Gasteiger partial charge in [-0.15, -0.1) is 0 Å². The number of benzene rings is 1. The molecule has 3 nitrogen and oxygen atoms in total. The van der Waals surface area contributed by atoms with Gasteiger partial charge in [-0.05, 0) is 44.5 Å². The highest BCUT2D eigenvalue weighted by Crippen LogP contribution is 2.29. The molecule has 4 heteroatoms. The Balaban J connectivity index is 2.13. The van der Waals surface area contributed by atoms with E-state index in [0.29, 0.717) is 0 Å². The largest absolute Gasteiger partial charge is 0.393 e. The van der Waals surface area contributed by atoms with Crippen LogP contribution in [-0.4, -0.2) is 31.3 Å². The zero-order valence-electron chi connectivity index (χ0n) is 11.0. The third-order valence-corrected chi connectivity index (χ3v) is 4.04. The highest BCUT2D eigenvalue weighted by atomic mass is 35.5. The van der Waals surface area contributed by atoms with Crippen molar-refractivity contribution >= 4 is 17.3 Å². The molecule has 1 aliphatic heterocycles. The Labute approximate surface area is 114 Å². The number of piperidine rings is 1. The molecule has 1 aromatic carbocycles. The van der Waals surface area contributed by atoms with E-state index in [0.717, 1.165) is 42.2 Å². The van der Waals surface area contributed by atoms with Crippen LogP contribution in [-0.2, 0) is 0 Å². The van der Waals surface area contributed by atoms with Gasteiger partial charge < -0.3 is 15.3 Å². The van der Waals surface area contributed by atoms with Crippen LogP contribution >= 0.6 is 11.6 Å². The van der Waals surface area contributed by atoms with Gasteiger partial charge >= 0.3 is 0 Å². The Kier molecular flexibility index (Phi) is 4.49. The second kappa shape index (κ2) is 5.91. The van der Waals surface area contributed by atoms with E-state index in [1.165, 1.54) is 0 Å². The van der Waals surface area contributed by atoms with Crippen LogP contribution in [0, 0.1) is 0 Å². The summed E-state index contributed by atoms with van der Waals surface area (Å²) in [4.78, 5) is 2.28. The van der Waals surface area contributed by atoms with E-state index < -0.39 is 0 Å². The molecule has 1 unspecified atom stereocenters. The maximum absolute atomic E-state index is 9.52. The molecule has 18 heavy (non-hydrogen) atoms. The van der Waals surface area contributed by atoms with Crippen molar-refractivity contribution in [3.05, 3.63) is 28.8 Å². The lowest BCUT2D eigenvalue weighted by atomic mass is 10.0. The summed E-state index contributed by atoms with van der Waals surface area (Å²) < 4.78 is 0. The van der Waals surface area contributed by atoms with Crippen LogP contribution in [0.25, 0.3) is 0 Å². The summed E-state index contributed by atoms with van der Waals surface area (Å²) >= 11 is 6.33. The van der Waals surface area contributed by atoms with E-state index in [1.54, 1.807) is 0 Å². The summed E-state index contributed by atoms with van der Waals surface area (Å²) in [6, 6.07) is 6.49. The van der Waals surface area contributed by atoms with Crippen molar-refractivity contribution in [1.29, 1.82) is 0 Å². The third-order valence-electron chi connectivity index (χ3n) is 3.71. The molecule has 0 spiro atoms. The first-order valence-electron chi connectivity index (χ1n) is 6.51. The highest BCUT2D eigenvalue weighted by molar-refractivity contribution is 6.31. The van der Waals surface area contributed by atoms with Crippen molar-refractivity contribution in [2.75, 3.05) is 25.0 Å². The lowest BCUT2D eigenvalue weighted by molar-refractivity contribution is 0.145. The number of hydrogen-bond donors (Lipinski definition) is 2. The van der Waals surface area contributed by atoms with Crippen LogP contribution in [0.4, 0.5) is 5.69 Å². The van der Waals surface area contributed by atoms with E-state index in [1.807, 2.05) is 13.1 Å². The van der Waals surface area contributed by atoms with Gasteiger partial charge in [-0.2, -0.15) is 0 Å². The molecule has 0 aliphatic carbocycles. The zero-order valence-corrected chi connectivity index (χ0v) is 11.7. The van der Waals surface area contributed by atoms with Crippen LogP contribution in [0.5, 0.6) is 0 Å². The molecule has 0 radical (unpaired) electrons. The van der Waals surface area contributed by atoms with Crippen molar-refractivity contribution in [3.63, 3.8) is 0 Å². The van der Waals surface area contributed by atoms with Gasteiger partial charge in [0.1, 0.15) is 0 Å². The molecule has 100 valence electrons. The number of nitrogens with one attached hydrogen (secondary N) is 1. The van der Waals surface area contributed by atoms with Gasteiger partial charge in [-0.3, -0.25) is 0 Å². The molecule has 1 saturated heterocycles. The summed E-state index contributed by atoms with van der Waals surface area (Å²) in [5, 5.41) is 13.5. The molecule has 1 aromatic rings. The lowest BCUT2D eigenvalue weighted by Crippen LogP contribution is -2.35. The minimum atomic E-state index is -0.139. The predicted molar refractivity (Wildman–Crippen MR) is 76.4 cm³/mol. The molecular weight excluding hydrogens is 248 g/mol. The quantitative estimate of drug-likeness (QED) is 0.885.